The average molecular weight is 347 g/mol. The predicted molar refractivity (Wildman–Crippen MR) is 71.7 cm³/mol. The van der Waals surface area contributed by atoms with Gasteiger partial charge in [-0.25, -0.2) is 13.1 Å². The maximum atomic E-state index is 11.9. The third-order valence-electron chi connectivity index (χ3n) is 2.05. The van der Waals surface area contributed by atoms with Crippen molar-refractivity contribution in [2.45, 2.75) is 17.6 Å². The Kier molecular flexibility index (Phi) is 5.73. The molecule has 0 fully saturated rings. The molecule has 1 rings (SSSR count). The second-order valence-electron chi connectivity index (χ2n) is 3.49. The molecule has 0 saturated heterocycles. The number of nitrogens with one attached hydrogen (secondary N) is 1. The van der Waals surface area contributed by atoms with E-state index in [1.54, 1.807) is 11.4 Å². The van der Waals surface area contributed by atoms with E-state index in [0.29, 0.717) is 21.1 Å². The lowest BCUT2D eigenvalue weighted by molar-refractivity contribution is 0.531. The van der Waals surface area contributed by atoms with Crippen molar-refractivity contribution in [3.05, 3.63) is 15.9 Å². The van der Waals surface area contributed by atoms with Gasteiger partial charge in [-0.05, 0) is 39.7 Å². The van der Waals surface area contributed by atoms with Crippen molar-refractivity contribution in [2.75, 3.05) is 12.4 Å². The molecule has 0 radical (unpaired) electrons. The van der Waals surface area contributed by atoms with Gasteiger partial charge in [-0.3, -0.25) is 0 Å². The molecule has 0 aromatic carbocycles. The number of rotatable bonds is 6. The van der Waals surface area contributed by atoms with E-state index in [0.717, 1.165) is 6.42 Å². The molecule has 0 spiro atoms. The zero-order chi connectivity index (χ0) is 12.2. The monoisotopic (exact) mass is 345 g/mol. The maximum absolute atomic E-state index is 11.9. The summed E-state index contributed by atoms with van der Waals surface area (Å²) in [7, 11) is -3.38. The Labute approximate surface area is 113 Å². The van der Waals surface area contributed by atoms with Crippen LogP contribution in [0.1, 0.15) is 13.3 Å². The van der Waals surface area contributed by atoms with Crippen molar-refractivity contribution in [3.8, 4) is 0 Å². The number of alkyl halides is 1. The van der Waals surface area contributed by atoms with Gasteiger partial charge in [0.25, 0.3) is 10.0 Å². The van der Waals surface area contributed by atoms with Crippen LogP contribution in [0.4, 0.5) is 0 Å². The van der Waals surface area contributed by atoms with Crippen LogP contribution in [0.3, 0.4) is 0 Å². The van der Waals surface area contributed by atoms with Crippen molar-refractivity contribution in [1.29, 1.82) is 0 Å². The molecule has 0 aliphatic carbocycles. The van der Waals surface area contributed by atoms with Crippen molar-refractivity contribution >= 4 is 48.9 Å². The van der Waals surface area contributed by atoms with E-state index in [1.807, 2.05) is 6.92 Å². The summed E-state index contributed by atoms with van der Waals surface area (Å²) in [5.41, 5.74) is 0. The molecule has 0 aliphatic heterocycles. The molecule has 0 amide bonds. The van der Waals surface area contributed by atoms with Gasteiger partial charge in [0.2, 0.25) is 0 Å². The quantitative estimate of drug-likeness (QED) is 0.805. The normalized spacial score (nSPS) is 13.9. The third-order valence-corrected chi connectivity index (χ3v) is 6.36. The second kappa shape index (κ2) is 6.35. The molecule has 1 N–H and O–H groups in total. The minimum Gasteiger partial charge on any atom is -0.210 e. The van der Waals surface area contributed by atoms with Crippen LogP contribution in [0.25, 0.3) is 0 Å². The minimum atomic E-state index is -3.38. The summed E-state index contributed by atoms with van der Waals surface area (Å²) < 4.78 is 27.2. The Morgan fingerprint density at radius 1 is 1.62 bits per heavy atom. The topological polar surface area (TPSA) is 46.2 Å². The number of hydrogen-bond acceptors (Lipinski definition) is 3. The van der Waals surface area contributed by atoms with Crippen LogP contribution in [-0.2, 0) is 10.0 Å². The Bertz CT molecular complexity index is 432. The highest BCUT2D eigenvalue weighted by Crippen LogP contribution is 2.27. The first-order valence-corrected chi connectivity index (χ1v) is 8.45. The molecule has 0 saturated carbocycles. The Balaban J connectivity index is 2.63. The van der Waals surface area contributed by atoms with Crippen LogP contribution in [0.5, 0.6) is 0 Å². The van der Waals surface area contributed by atoms with Crippen molar-refractivity contribution in [1.82, 2.24) is 4.72 Å². The summed E-state index contributed by atoms with van der Waals surface area (Å²) in [4.78, 5) is 0. The lowest BCUT2D eigenvalue weighted by Gasteiger charge is -2.10. The van der Waals surface area contributed by atoms with Crippen LogP contribution in [0.15, 0.2) is 20.1 Å². The molecule has 3 nitrogen and oxygen atoms in total. The lowest BCUT2D eigenvalue weighted by atomic mass is 10.1. The summed E-state index contributed by atoms with van der Waals surface area (Å²) in [6.07, 6.45) is 0.801. The van der Waals surface area contributed by atoms with E-state index in [1.165, 1.54) is 11.3 Å². The van der Waals surface area contributed by atoms with E-state index in [4.69, 9.17) is 11.6 Å². The molecule has 1 atom stereocenters. The lowest BCUT2D eigenvalue weighted by Crippen LogP contribution is -2.28. The first-order chi connectivity index (χ1) is 7.47. The van der Waals surface area contributed by atoms with Crippen LogP contribution < -0.4 is 4.72 Å². The molecule has 1 heterocycles. The van der Waals surface area contributed by atoms with Gasteiger partial charge in [0, 0.05) is 16.9 Å². The van der Waals surface area contributed by atoms with E-state index in [2.05, 4.69) is 20.7 Å². The Hall–Kier alpha value is 0.380. The van der Waals surface area contributed by atoms with Crippen molar-refractivity contribution in [3.63, 3.8) is 0 Å². The molecular weight excluding hydrogens is 334 g/mol. The van der Waals surface area contributed by atoms with Crippen molar-refractivity contribution in [2.24, 2.45) is 5.92 Å². The second-order valence-corrected chi connectivity index (χ2v) is 7.60. The van der Waals surface area contributed by atoms with E-state index in [9.17, 15) is 8.42 Å². The Morgan fingerprint density at radius 2 is 2.31 bits per heavy atom. The molecule has 1 unspecified atom stereocenters. The fourth-order valence-electron chi connectivity index (χ4n) is 1.08. The van der Waals surface area contributed by atoms with Gasteiger partial charge in [0.1, 0.15) is 4.21 Å². The highest BCUT2D eigenvalue weighted by atomic mass is 79.9. The molecule has 7 heteroatoms. The smallest absolute Gasteiger partial charge is 0.210 e. The van der Waals surface area contributed by atoms with Crippen LogP contribution >= 0.6 is 38.9 Å². The van der Waals surface area contributed by atoms with Crippen LogP contribution in [0, 0.1) is 5.92 Å². The van der Waals surface area contributed by atoms with Gasteiger partial charge < -0.3 is 0 Å². The highest BCUT2D eigenvalue weighted by molar-refractivity contribution is 9.10. The highest BCUT2D eigenvalue weighted by Gasteiger charge is 2.19. The van der Waals surface area contributed by atoms with Gasteiger partial charge in [0.05, 0.1) is 0 Å². The number of thiophene rings is 1. The summed E-state index contributed by atoms with van der Waals surface area (Å²) in [5, 5.41) is 1.74. The summed E-state index contributed by atoms with van der Waals surface area (Å²) >= 11 is 10.00. The molecule has 1 aromatic rings. The van der Waals surface area contributed by atoms with E-state index >= 15 is 0 Å². The van der Waals surface area contributed by atoms with Gasteiger partial charge >= 0.3 is 0 Å². The molecule has 92 valence electrons. The molecule has 16 heavy (non-hydrogen) atoms. The zero-order valence-electron chi connectivity index (χ0n) is 8.74. The standard InChI is InChI=1S/C9H13BrClNO2S2/c1-7(2-4-11)6-12-16(13,14)9-8(10)3-5-15-9/h3,5,7,12H,2,4,6H2,1H3. The third kappa shape index (κ3) is 4.00. The minimum absolute atomic E-state index is 0.242. The number of halogens is 2. The Morgan fingerprint density at radius 3 is 2.81 bits per heavy atom. The van der Waals surface area contributed by atoms with E-state index in [-0.39, 0.29) is 5.92 Å². The fraction of sp³-hybridized carbons (Fsp3) is 0.556. The van der Waals surface area contributed by atoms with E-state index < -0.39 is 10.0 Å². The van der Waals surface area contributed by atoms with Crippen LogP contribution in [-0.4, -0.2) is 20.8 Å². The largest absolute Gasteiger partial charge is 0.251 e. The van der Waals surface area contributed by atoms with Crippen LogP contribution in [0.2, 0.25) is 0 Å². The van der Waals surface area contributed by atoms with Crippen molar-refractivity contribution < 1.29 is 8.42 Å². The first kappa shape index (κ1) is 14.4. The van der Waals surface area contributed by atoms with Gasteiger partial charge in [0.15, 0.2) is 0 Å². The molecule has 1 aromatic heterocycles. The summed E-state index contributed by atoms with van der Waals surface area (Å²) in [6, 6.07) is 1.72. The summed E-state index contributed by atoms with van der Waals surface area (Å²) in [5.74, 6) is 0.789. The van der Waals surface area contributed by atoms with Gasteiger partial charge in [-0.15, -0.1) is 22.9 Å². The zero-order valence-corrected chi connectivity index (χ0v) is 12.7. The number of sulfonamides is 1. The summed E-state index contributed by atoms with van der Waals surface area (Å²) in [6.45, 7) is 2.38. The molecule has 0 aliphatic rings. The number of hydrogen-bond donors (Lipinski definition) is 1. The first-order valence-electron chi connectivity index (χ1n) is 4.76. The van der Waals surface area contributed by atoms with Gasteiger partial charge in [-0.2, -0.15) is 0 Å². The molecule has 0 bridgehead atoms. The maximum Gasteiger partial charge on any atom is 0.251 e. The molecular formula is C9H13BrClNO2S2. The fourth-order valence-corrected chi connectivity index (χ4v) is 5.00. The SMILES string of the molecule is CC(CCCl)CNS(=O)(=O)c1sccc1Br. The van der Waals surface area contributed by atoms with Gasteiger partial charge in [-0.1, -0.05) is 6.92 Å². The predicted octanol–water partition coefficient (Wildman–Crippen LogP) is 3.05. The average Bonchev–Trinajstić information content (AvgIpc) is 2.63.